The molecule has 214 valence electrons. The summed E-state index contributed by atoms with van der Waals surface area (Å²) >= 11 is 0. The molecule has 1 aromatic carbocycles. The minimum absolute atomic E-state index is 0.0984. The molecule has 0 bridgehead atoms. The number of aliphatic imine (C=N–C) groups is 1. The highest BCUT2D eigenvalue weighted by Gasteiger charge is 2.33. The second-order valence-corrected chi connectivity index (χ2v) is 11.6. The number of hydrogen-bond donors (Lipinski definition) is 0. The minimum Gasteiger partial charge on any atom is -0.407 e. The van der Waals surface area contributed by atoms with E-state index in [1.54, 1.807) is 14.2 Å². The molecule has 0 radical (unpaired) electrons. The molecule has 3 rings (SSSR count). The van der Waals surface area contributed by atoms with Crippen LogP contribution in [0, 0.1) is 11.8 Å². The molecule has 3 atom stereocenters. The van der Waals surface area contributed by atoms with Gasteiger partial charge in [0.15, 0.2) is 0 Å². The average Bonchev–Trinajstić information content (AvgIpc) is 2.94. The number of carbonyl (C=O) groups excluding carboxylic acids is 1. The first-order chi connectivity index (χ1) is 18.5. The van der Waals surface area contributed by atoms with Gasteiger partial charge in [-0.25, -0.2) is 0 Å². The van der Waals surface area contributed by atoms with Gasteiger partial charge in [0.05, 0.1) is 12.2 Å². The lowest BCUT2D eigenvalue weighted by Gasteiger charge is -2.36. The Bertz CT molecular complexity index is 828. The molecule has 2 aliphatic rings. The molecular weight excluding hydrogens is 474 g/mol. The first kappa shape index (κ1) is 30.8. The maximum Gasteiger partial charge on any atom is 0.309 e. The van der Waals surface area contributed by atoms with Crippen molar-refractivity contribution in [1.29, 1.82) is 0 Å². The Labute approximate surface area is 232 Å². The monoisotopic (exact) mass is 527 g/mol. The van der Waals surface area contributed by atoms with Gasteiger partial charge in [0, 0.05) is 33.3 Å². The van der Waals surface area contributed by atoms with E-state index in [1.807, 2.05) is 0 Å². The van der Waals surface area contributed by atoms with E-state index < -0.39 is 0 Å². The summed E-state index contributed by atoms with van der Waals surface area (Å²) in [5.74, 6) is 2.06. The van der Waals surface area contributed by atoms with E-state index in [9.17, 15) is 4.79 Å². The lowest BCUT2D eigenvalue weighted by atomic mass is 9.77. The summed E-state index contributed by atoms with van der Waals surface area (Å²) in [7, 11) is 3.54. The van der Waals surface area contributed by atoms with E-state index in [4.69, 9.17) is 19.2 Å². The van der Waals surface area contributed by atoms with Gasteiger partial charge in [0.2, 0.25) is 5.90 Å². The van der Waals surface area contributed by atoms with Crippen LogP contribution in [0.2, 0.25) is 0 Å². The number of ether oxygens (including phenoxy) is 3. The molecule has 2 saturated carbocycles. The zero-order valence-electron chi connectivity index (χ0n) is 24.6. The van der Waals surface area contributed by atoms with E-state index in [-0.39, 0.29) is 18.2 Å². The van der Waals surface area contributed by atoms with Gasteiger partial charge in [-0.1, -0.05) is 70.4 Å². The van der Waals surface area contributed by atoms with Crippen molar-refractivity contribution in [1.82, 2.24) is 0 Å². The number of nitrogens with zero attached hydrogens (tertiary/aromatic N) is 1. The molecule has 0 N–H and O–H groups in total. The van der Waals surface area contributed by atoms with Crippen LogP contribution in [0.4, 0.5) is 0 Å². The van der Waals surface area contributed by atoms with Crippen molar-refractivity contribution in [2.45, 2.75) is 128 Å². The van der Waals surface area contributed by atoms with Crippen molar-refractivity contribution in [2.75, 3.05) is 20.8 Å². The van der Waals surface area contributed by atoms with Gasteiger partial charge in [0.25, 0.3) is 0 Å². The number of hydrogen-bond acceptors (Lipinski definition) is 5. The third-order valence-corrected chi connectivity index (χ3v) is 8.91. The van der Waals surface area contributed by atoms with E-state index in [1.165, 1.54) is 83.1 Å². The van der Waals surface area contributed by atoms with E-state index in [0.717, 1.165) is 37.2 Å². The zero-order chi connectivity index (χ0) is 27.2. The van der Waals surface area contributed by atoms with Crippen molar-refractivity contribution in [3.8, 4) is 0 Å². The van der Waals surface area contributed by atoms with Crippen molar-refractivity contribution >= 4 is 11.9 Å². The fourth-order valence-electron chi connectivity index (χ4n) is 6.66. The van der Waals surface area contributed by atoms with Gasteiger partial charge in [0.1, 0.15) is 0 Å². The maximum atomic E-state index is 11.8. The lowest BCUT2D eigenvalue weighted by Crippen LogP contribution is -2.40. The Morgan fingerprint density at radius 1 is 0.868 bits per heavy atom. The van der Waals surface area contributed by atoms with E-state index in [2.05, 4.69) is 31.2 Å². The average molecular weight is 528 g/mol. The molecule has 5 heteroatoms. The summed E-state index contributed by atoms with van der Waals surface area (Å²) in [6.07, 6.45) is 19.5. The summed E-state index contributed by atoms with van der Waals surface area (Å²) < 4.78 is 17.0. The van der Waals surface area contributed by atoms with Gasteiger partial charge in [-0.2, -0.15) is 0 Å². The minimum atomic E-state index is -0.330. The second kappa shape index (κ2) is 17.1. The Kier molecular flexibility index (Phi) is 13.8. The predicted molar refractivity (Wildman–Crippen MR) is 156 cm³/mol. The number of benzene rings is 1. The lowest BCUT2D eigenvalue weighted by molar-refractivity contribution is -0.132. The SMILES string of the molecule is CCCCCCCCC1CCC(c2ccc(C(=NCCC3CCCC(OC)C3OC)OC(C)=O)cc2)CC1. The third-order valence-electron chi connectivity index (χ3n) is 8.91. The van der Waals surface area contributed by atoms with Gasteiger partial charge in [-0.15, -0.1) is 0 Å². The van der Waals surface area contributed by atoms with Crippen LogP contribution in [-0.4, -0.2) is 44.8 Å². The highest BCUT2D eigenvalue weighted by Crippen LogP contribution is 2.38. The zero-order valence-corrected chi connectivity index (χ0v) is 24.6. The number of unbranched alkanes of at least 4 members (excludes halogenated alkanes) is 5. The number of esters is 1. The quantitative estimate of drug-likeness (QED) is 0.106. The highest BCUT2D eigenvalue weighted by molar-refractivity contribution is 6.00. The molecule has 0 aromatic heterocycles. The van der Waals surface area contributed by atoms with Gasteiger partial charge in [-0.3, -0.25) is 9.79 Å². The summed E-state index contributed by atoms with van der Waals surface area (Å²) in [6, 6.07) is 8.61. The predicted octanol–water partition coefficient (Wildman–Crippen LogP) is 8.24. The maximum absolute atomic E-state index is 11.8. The summed E-state index contributed by atoms with van der Waals surface area (Å²) in [6.45, 7) is 4.33. The Morgan fingerprint density at radius 3 is 2.24 bits per heavy atom. The molecule has 1 aromatic rings. The largest absolute Gasteiger partial charge is 0.407 e. The molecule has 38 heavy (non-hydrogen) atoms. The highest BCUT2D eigenvalue weighted by atomic mass is 16.5. The molecular formula is C33H53NO4. The first-order valence-corrected chi connectivity index (χ1v) is 15.4. The van der Waals surface area contributed by atoms with Crippen LogP contribution in [0.1, 0.15) is 127 Å². The molecule has 0 saturated heterocycles. The number of rotatable bonds is 14. The molecule has 0 aliphatic heterocycles. The van der Waals surface area contributed by atoms with Crippen molar-refractivity contribution in [3.63, 3.8) is 0 Å². The van der Waals surface area contributed by atoms with Crippen LogP contribution in [0.5, 0.6) is 0 Å². The Hall–Kier alpha value is -1.72. The third kappa shape index (κ3) is 9.79. The van der Waals surface area contributed by atoms with Gasteiger partial charge >= 0.3 is 5.97 Å². The van der Waals surface area contributed by atoms with Gasteiger partial charge < -0.3 is 14.2 Å². The fraction of sp³-hybridized carbons (Fsp3) is 0.758. The van der Waals surface area contributed by atoms with E-state index in [0.29, 0.717) is 24.3 Å². The van der Waals surface area contributed by atoms with Crippen molar-refractivity contribution in [3.05, 3.63) is 35.4 Å². The Morgan fingerprint density at radius 2 is 1.58 bits per heavy atom. The van der Waals surface area contributed by atoms with Crippen molar-refractivity contribution in [2.24, 2.45) is 16.8 Å². The van der Waals surface area contributed by atoms with Crippen LogP contribution in [-0.2, 0) is 19.0 Å². The number of carbonyl (C=O) groups is 1. The molecule has 2 aliphatic carbocycles. The molecule has 5 nitrogen and oxygen atoms in total. The van der Waals surface area contributed by atoms with Crippen LogP contribution >= 0.6 is 0 Å². The smallest absolute Gasteiger partial charge is 0.309 e. The van der Waals surface area contributed by atoms with Crippen LogP contribution < -0.4 is 0 Å². The Balaban J connectivity index is 1.50. The second-order valence-electron chi connectivity index (χ2n) is 11.6. The van der Waals surface area contributed by atoms with Crippen LogP contribution in [0.3, 0.4) is 0 Å². The van der Waals surface area contributed by atoms with Gasteiger partial charge in [-0.05, 0) is 80.4 Å². The van der Waals surface area contributed by atoms with E-state index >= 15 is 0 Å². The topological polar surface area (TPSA) is 57.1 Å². The normalized spacial score (nSPS) is 26.3. The summed E-state index contributed by atoms with van der Waals surface area (Å²) in [4.78, 5) is 16.5. The summed E-state index contributed by atoms with van der Waals surface area (Å²) in [5, 5.41) is 0. The molecule has 2 fully saturated rings. The summed E-state index contributed by atoms with van der Waals surface area (Å²) in [5.41, 5.74) is 2.28. The van der Waals surface area contributed by atoms with Crippen LogP contribution in [0.25, 0.3) is 0 Å². The molecule has 0 spiro atoms. The van der Waals surface area contributed by atoms with Crippen LogP contribution in [0.15, 0.2) is 29.3 Å². The standard InChI is InChI=1S/C33H53NO4/c1-5-6-7-8-9-10-12-26-15-17-27(18-16-26)28-19-21-30(22-20-28)33(38-25(2)35)34-24-23-29-13-11-14-31(36-3)32(29)37-4/h19-22,26-27,29,31-32H,5-18,23-24H2,1-4H3. The molecule has 3 unspecified atom stereocenters. The number of methoxy groups -OCH3 is 2. The fourth-order valence-corrected chi connectivity index (χ4v) is 6.66. The van der Waals surface area contributed by atoms with Crippen molar-refractivity contribution < 1.29 is 19.0 Å². The first-order valence-electron chi connectivity index (χ1n) is 15.4. The molecule has 0 amide bonds. The molecule has 0 heterocycles.